The third kappa shape index (κ3) is 38.9. The van der Waals surface area contributed by atoms with E-state index in [9.17, 15) is 20.1 Å². The topological polar surface area (TPSA) is 89.8 Å². The molecule has 1 amide bonds. The summed E-state index contributed by atoms with van der Waals surface area (Å²) >= 11 is 0. The highest BCUT2D eigenvalue weighted by atomic mass is 16.3. The molecule has 0 fully saturated rings. The van der Waals surface area contributed by atoms with E-state index in [1.54, 1.807) is 0 Å². The van der Waals surface area contributed by atoms with Gasteiger partial charge in [0.1, 0.15) is 0 Å². The normalized spacial score (nSPS) is 13.4. The summed E-state index contributed by atoms with van der Waals surface area (Å²) in [6, 6.07) is -0.652. The van der Waals surface area contributed by atoms with Crippen molar-refractivity contribution in [2.45, 2.75) is 283 Å². The summed E-state index contributed by atoms with van der Waals surface area (Å²) in [5.74, 6) is -0.277. The molecule has 0 bridgehead atoms. The molecule has 0 radical (unpaired) electrons. The Morgan fingerprint density at radius 3 is 0.941 bits per heavy atom. The number of nitrogens with one attached hydrogen (secondary N) is 1. The zero-order valence-electron chi connectivity index (χ0n) is 34.8. The van der Waals surface area contributed by atoms with Crippen molar-refractivity contribution < 1.29 is 20.1 Å². The first kappa shape index (κ1) is 50.4. The monoisotopic (exact) mass is 724 g/mol. The maximum atomic E-state index is 12.5. The first-order valence-corrected chi connectivity index (χ1v) is 23.3. The van der Waals surface area contributed by atoms with Gasteiger partial charge in [-0.25, -0.2) is 0 Å². The van der Waals surface area contributed by atoms with Crippen LogP contribution in [0.15, 0.2) is 0 Å². The van der Waals surface area contributed by atoms with Gasteiger partial charge in [0.25, 0.3) is 0 Å². The van der Waals surface area contributed by atoms with Gasteiger partial charge >= 0.3 is 0 Å². The molecule has 0 saturated carbocycles. The Balaban J connectivity index is 3.56. The van der Waals surface area contributed by atoms with Crippen LogP contribution in [0.3, 0.4) is 0 Å². The number of hydrogen-bond donors (Lipinski definition) is 4. The molecule has 306 valence electrons. The molecule has 0 aliphatic carbocycles. The van der Waals surface area contributed by atoms with Gasteiger partial charge in [0.05, 0.1) is 31.3 Å². The van der Waals surface area contributed by atoms with Gasteiger partial charge in [-0.2, -0.15) is 0 Å². The summed E-state index contributed by atoms with van der Waals surface area (Å²) in [6.07, 6.45) is 47.9. The van der Waals surface area contributed by atoms with Crippen molar-refractivity contribution in [1.82, 2.24) is 5.32 Å². The highest BCUT2D eigenvalue weighted by Gasteiger charge is 2.21. The fraction of sp³-hybridized carbons (Fsp3) is 0.978. The average Bonchev–Trinajstić information content (AvgIpc) is 3.12. The van der Waals surface area contributed by atoms with Crippen molar-refractivity contribution in [3.05, 3.63) is 0 Å². The standard InChI is InChI=1S/C46H93NO4/c1-3-5-7-9-11-13-15-17-19-21-22-23-24-26-28-30-32-34-36-38-40-45(50)44(42-48)47-46(51)41-43(49)39-37-35-33-31-29-27-25-20-18-16-14-12-10-8-6-4-2/h43-45,48-50H,3-42H2,1-2H3,(H,47,51). The quantitative estimate of drug-likeness (QED) is 0.0472. The number of amides is 1. The second kappa shape index (κ2) is 42.1. The van der Waals surface area contributed by atoms with Crippen LogP contribution in [0.5, 0.6) is 0 Å². The van der Waals surface area contributed by atoms with Crippen LogP contribution in [0, 0.1) is 0 Å². The van der Waals surface area contributed by atoms with E-state index in [1.807, 2.05) is 0 Å². The summed E-state index contributed by atoms with van der Waals surface area (Å²) in [5, 5.41) is 33.5. The maximum absolute atomic E-state index is 12.5. The molecule has 3 atom stereocenters. The maximum Gasteiger partial charge on any atom is 0.222 e. The third-order valence-corrected chi connectivity index (χ3v) is 11.2. The van der Waals surface area contributed by atoms with Crippen molar-refractivity contribution in [2.24, 2.45) is 0 Å². The Bertz CT molecular complexity index is 674. The lowest BCUT2D eigenvalue weighted by molar-refractivity contribution is -0.125. The van der Waals surface area contributed by atoms with Crippen molar-refractivity contribution in [1.29, 1.82) is 0 Å². The van der Waals surface area contributed by atoms with Crippen molar-refractivity contribution in [3.63, 3.8) is 0 Å². The fourth-order valence-electron chi connectivity index (χ4n) is 7.58. The predicted molar refractivity (Wildman–Crippen MR) is 222 cm³/mol. The summed E-state index contributed by atoms with van der Waals surface area (Å²) in [4.78, 5) is 12.5. The van der Waals surface area contributed by atoms with Crippen LogP contribution >= 0.6 is 0 Å². The highest BCUT2D eigenvalue weighted by molar-refractivity contribution is 5.76. The molecule has 0 aliphatic rings. The predicted octanol–water partition coefficient (Wildman–Crippen LogP) is 13.4. The summed E-state index contributed by atoms with van der Waals surface area (Å²) in [7, 11) is 0. The van der Waals surface area contributed by atoms with Gasteiger partial charge in [0.2, 0.25) is 5.91 Å². The largest absolute Gasteiger partial charge is 0.394 e. The molecule has 0 spiro atoms. The number of unbranched alkanes of at least 4 members (excludes halogenated alkanes) is 34. The van der Waals surface area contributed by atoms with Gasteiger partial charge < -0.3 is 20.6 Å². The van der Waals surface area contributed by atoms with Crippen LogP contribution in [-0.2, 0) is 4.79 Å². The molecule has 51 heavy (non-hydrogen) atoms. The van der Waals surface area contributed by atoms with Crippen LogP contribution in [-0.4, -0.2) is 46.1 Å². The van der Waals surface area contributed by atoms with E-state index in [0.29, 0.717) is 12.8 Å². The van der Waals surface area contributed by atoms with E-state index in [2.05, 4.69) is 19.2 Å². The molecule has 4 N–H and O–H groups in total. The summed E-state index contributed by atoms with van der Waals surface area (Å²) in [5.41, 5.74) is 0. The number of carbonyl (C=O) groups is 1. The van der Waals surface area contributed by atoms with Gasteiger partial charge in [0.15, 0.2) is 0 Å². The molecular weight excluding hydrogens is 631 g/mol. The number of rotatable bonds is 43. The Morgan fingerprint density at radius 1 is 0.412 bits per heavy atom. The van der Waals surface area contributed by atoms with Crippen LogP contribution in [0.1, 0.15) is 264 Å². The van der Waals surface area contributed by atoms with E-state index >= 15 is 0 Å². The minimum atomic E-state index is -0.744. The molecule has 0 aromatic carbocycles. The lowest BCUT2D eigenvalue weighted by Gasteiger charge is -2.23. The first-order chi connectivity index (χ1) is 25.0. The smallest absolute Gasteiger partial charge is 0.222 e. The molecule has 3 unspecified atom stereocenters. The van der Waals surface area contributed by atoms with Gasteiger partial charge in [-0.15, -0.1) is 0 Å². The molecule has 0 saturated heterocycles. The van der Waals surface area contributed by atoms with Crippen LogP contribution < -0.4 is 5.32 Å². The van der Waals surface area contributed by atoms with E-state index in [-0.39, 0.29) is 18.9 Å². The van der Waals surface area contributed by atoms with Crippen molar-refractivity contribution >= 4 is 5.91 Å². The van der Waals surface area contributed by atoms with Crippen LogP contribution in [0.4, 0.5) is 0 Å². The first-order valence-electron chi connectivity index (χ1n) is 23.3. The highest BCUT2D eigenvalue weighted by Crippen LogP contribution is 2.17. The van der Waals surface area contributed by atoms with Gasteiger partial charge in [-0.3, -0.25) is 4.79 Å². The van der Waals surface area contributed by atoms with Crippen molar-refractivity contribution in [2.75, 3.05) is 6.61 Å². The van der Waals surface area contributed by atoms with Gasteiger partial charge in [-0.1, -0.05) is 245 Å². The Labute approximate surface area is 319 Å². The van der Waals surface area contributed by atoms with Gasteiger partial charge in [-0.05, 0) is 12.8 Å². The molecule has 5 nitrogen and oxygen atoms in total. The van der Waals surface area contributed by atoms with Crippen LogP contribution in [0.2, 0.25) is 0 Å². The number of hydrogen-bond acceptors (Lipinski definition) is 4. The summed E-state index contributed by atoms with van der Waals surface area (Å²) in [6.45, 7) is 4.29. The molecular formula is C46H93NO4. The lowest BCUT2D eigenvalue weighted by Crippen LogP contribution is -2.46. The van der Waals surface area contributed by atoms with Crippen molar-refractivity contribution in [3.8, 4) is 0 Å². The summed E-state index contributed by atoms with van der Waals surface area (Å²) < 4.78 is 0. The molecule has 0 aliphatic heterocycles. The number of aliphatic hydroxyl groups excluding tert-OH is 3. The van der Waals surface area contributed by atoms with E-state index in [4.69, 9.17) is 0 Å². The number of aliphatic hydroxyl groups is 3. The molecule has 0 rings (SSSR count). The minimum Gasteiger partial charge on any atom is -0.394 e. The van der Waals surface area contributed by atoms with E-state index < -0.39 is 18.2 Å². The zero-order chi connectivity index (χ0) is 37.3. The Morgan fingerprint density at radius 2 is 0.667 bits per heavy atom. The Kier molecular flexibility index (Phi) is 41.6. The molecule has 0 aromatic rings. The second-order valence-electron chi connectivity index (χ2n) is 16.4. The molecule has 0 aromatic heterocycles. The Hall–Kier alpha value is -0.650. The molecule has 0 heterocycles. The van der Waals surface area contributed by atoms with E-state index in [0.717, 1.165) is 25.7 Å². The zero-order valence-corrected chi connectivity index (χ0v) is 34.8. The third-order valence-electron chi connectivity index (χ3n) is 11.2. The van der Waals surface area contributed by atoms with Crippen LogP contribution in [0.25, 0.3) is 0 Å². The number of carbonyl (C=O) groups excluding carboxylic acids is 1. The minimum absolute atomic E-state index is 0.0429. The lowest BCUT2D eigenvalue weighted by atomic mass is 10.0. The molecule has 5 heteroatoms. The average molecular weight is 724 g/mol. The van der Waals surface area contributed by atoms with Gasteiger partial charge in [0, 0.05) is 0 Å². The fourth-order valence-corrected chi connectivity index (χ4v) is 7.58. The van der Waals surface area contributed by atoms with E-state index in [1.165, 1.54) is 205 Å². The second-order valence-corrected chi connectivity index (χ2v) is 16.4. The SMILES string of the molecule is CCCCCCCCCCCCCCCCCCCCCCC(O)C(CO)NC(=O)CC(O)CCCCCCCCCCCCCCCCCC.